The van der Waals surface area contributed by atoms with Crippen molar-refractivity contribution < 1.29 is 4.79 Å². The van der Waals surface area contributed by atoms with Gasteiger partial charge in [-0.25, -0.2) is 0 Å². The molecule has 0 aromatic heterocycles. The van der Waals surface area contributed by atoms with Crippen molar-refractivity contribution in [2.45, 2.75) is 0 Å². The van der Waals surface area contributed by atoms with Gasteiger partial charge in [0.2, 0.25) is 5.91 Å². The molecule has 2 aromatic carbocycles. The first-order valence-corrected chi connectivity index (χ1v) is 7.63. The monoisotopic (exact) mass is 281 g/mol. The summed E-state index contributed by atoms with van der Waals surface area (Å²) in [6.07, 6.45) is 1.90. The molecule has 0 saturated heterocycles. The maximum atomic E-state index is 11.5. The van der Waals surface area contributed by atoms with Crippen LogP contribution in [0.1, 0.15) is 11.1 Å². The Balaban J connectivity index is 2.11. The molecule has 1 N–H and O–H groups in total. The van der Waals surface area contributed by atoms with Gasteiger partial charge in [-0.1, -0.05) is 36.1 Å². The summed E-state index contributed by atoms with van der Waals surface area (Å²) in [4.78, 5) is 11.5. The Bertz CT molecular complexity index is 641. The van der Waals surface area contributed by atoms with Crippen LogP contribution in [-0.2, 0) is 4.79 Å². The van der Waals surface area contributed by atoms with Crippen LogP contribution in [0.25, 0.3) is 0 Å². The molecule has 0 heterocycles. The number of rotatable bonds is 3. The maximum Gasteiger partial charge on any atom is 0.234 e. The summed E-state index contributed by atoms with van der Waals surface area (Å²) in [5, 5.41) is 2.85. The summed E-state index contributed by atoms with van der Waals surface area (Å²) in [5.74, 6) is 6.66. The van der Waals surface area contributed by atoms with Crippen molar-refractivity contribution in [3.63, 3.8) is 0 Å². The first-order valence-electron chi connectivity index (χ1n) is 6.24. The quantitative estimate of drug-likeness (QED) is 0.874. The Morgan fingerprint density at radius 3 is 2.50 bits per heavy atom. The standard InChI is InChI=1S/C17H15NOS/c1-20-13-17(19)18-16-9-5-8-15(12-16)11-10-14-6-3-2-4-7-14/h2-9,12H,13H2,1H3,(H,18,19). The molecule has 100 valence electrons. The molecule has 1 amide bonds. The van der Waals surface area contributed by atoms with Crippen LogP contribution < -0.4 is 5.32 Å². The molecule has 3 heteroatoms. The highest BCUT2D eigenvalue weighted by Crippen LogP contribution is 2.10. The average Bonchev–Trinajstić information content (AvgIpc) is 2.47. The molecular weight excluding hydrogens is 266 g/mol. The highest BCUT2D eigenvalue weighted by atomic mass is 32.2. The number of carbonyl (C=O) groups excluding carboxylic acids is 1. The van der Waals surface area contributed by atoms with Gasteiger partial charge < -0.3 is 5.32 Å². The van der Waals surface area contributed by atoms with Crippen LogP contribution in [0.3, 0.4) is 0 Å². The molecule has 0 saturated carbocycles. The number of benzene rings is 2. The molecule has 0 atom stereocenters. The first kappa shape index (κ1) is 14.2. The van der Waals surface area contributed by atoms with E-state index >= 15 is 0 Å². The second-order valence-corrected chi connectivity index (χ2v) is 5.04. The molecular formula is C17H15NOS. The van der Waals surface area contributed by atoms with Crippen LogP contribution in [0.4, 0.5) is 5.69 Å². The van der Waals surface area contributed by atoms with Gasteiger partial charge in [-0.2, -0.15) is 11.8 Å². The number of nitrogens with one attached hydrogen (secondary N) is 1. The van der Waals surface area contributed by atoms with Crippen molar-refractivity contribution in [3.8, 4) is 11.8 Å². The Kier molecular flexibility index (Phi) is 5.28. The minimum absolute atomic E-state index is 0.00525. The first-order chi connectivity index (χ1) is 9.78. The topological polar surface area (TPSA) is 29.1 Å². The van der Waals surface area contributed by atoms with Crippen molar-refractivity contribution in [3.05, 3.63) is 65.7 Å². The zero-order valence-corrected chi connectivity index (χ0v) is 12.0. The number of amides is 1. The van der Waals surface area contributed by atoms with Gasteiger partial charge in [0.05, 0.1) is 5.75 Å². The predicted octanol–water partition coefficient (Wildman–Crippen LogP) is 3.39. The van der Waals surface area contributed by atoms with Gasteiger partial charge in [0, 0.05) is 16.8 Å². The SMILES string of the molecule is CSCC(=O)Nc1cccc(C#Cc2ccccc2)c1. The van der Waals surface area contributed by atoms with Gasteiger partial charge in [0.1, 0.15) is 0 Å². The summed E-state index contributed by atoms with van der Waals surface area (Å²) in [7, 11) is 0. The van der Waals surface area contributed by atoms with E-state index in [1.165, 1.54) is 11.8 Å². The number of carbonyl (C=O) groups is 1. The van der Waals surface area contributed by atoms with Crippen LogP contribution in [0.2, 0.25) is 0 Å². The molecule has 0 aliphatic carbocycles. The fraction of sp³-hybridized carbons (Fsp3) is 0.118. The van der Waals surface area contributed by atoms with Crippen LogP contribution in [0, 0.1) is 11.8 Å². The van der Waals surface area contributed by atoms with E-state index in [1.807, 2.05) is 60.9 Å². The lowest BCUT2D eigenvalue weighted by atomic mass is 10.1. The number of thioether (sulfide) groups is 1. The van der Waals surface area contributed by atoms with E-state index < -0.39 is 0 Å². The maximum absolute atomic E-state index is 11.5. The Morgan fingerprint density at radius 2 is 1.75 bits per heavy atom. The fourth-order valence-electron chi connectivity index (χ4n) is 1.67. The van der Waals surface area contributed by atoms with Gasteiger partial charge in [-0.15, -0.1) is 0 Å². The highest BCUT2D eigenvalue weighted by molar-refractivity contribution is 7.99. The van der Waals surface area contributed by atoms with Crippen molar-refractivity contribution in [1.82, 2.24) is 0 Å². The lowest BCUT2D eigenvalue weighted by Gasteiger charge is -2.04. The largest absolute Gasteiger partial charge is 0.325 e. The van der Waals surface area contributed by atoms with E-state index in [4.69, 9.17) is 0 Å². The molecule has 0 bridgehead atoms. The van der Waals surface area contributed by atoms with Crippen molar-refractivity contribution >= 4 is 23.4 Å². The molecule has 2 nitrogen and oxygen atoms in total. The van der Waals surface area contributed by atoms with Gasteiger partial charge >= 0.3 is 0 Å². The van der Waals surface area contributed by atoms with Crippen LogP contribution in [-0.4, -0.2) is 17.9 Å². The van der Waals surface area contributed by atoms with Crippen molar-refractivity contribution in [1.29, 1.82) is 0 Å². The molecule has 0 aliphatic rings. The summed E-state index contributed by atoms with van der Waals surface area (Å²) in [6.45, 7) is 0. The Labute approximate surface area is 123 Å². The third-order valence-corrected chi connectivity index (χ3v) is 3.10. The summed E-state index contributed by atoms with van der Waals surface area (Å²) < 4.78 is 0. The normalized spacial score (nSPS) is 9.45. The van der Waals surface area contributed by atoms with Crippen LogP contribution in [0.5, 0.6) is 0 Å². The second kappa shape index (κ2) is 7.42. The Hall–Kier alpha value is -2.18. The van der Waals surface area contributed by atoms with E-state index in [2.05, 4.69) is 17.2 Å². The van der Waals surface area contributed by atoms with Crippen molar-refractivity contribution in [2.75, 3.05) is 17.3 Å². The van der Waals surface area contributed by atoms with E-state index in [-0.39, 0.29) is 5.91 Å². The predicted molar refractivity (Wildman–Crippen MR) is 85.9 cm³/mol. The molecule has 2 rings (SSSR count). The van der Waals surface area contributed by atoms with Gasteiger partial charge in [0.25, 0.3) is 0 Å². The van der Waals surface area contributed by atoms with Gasteiger partial charge in [0.15, 0.2) is 0 Å². The molecule has 0 fully saturated rings. The minimum Gasteiger partial charge on any atom is -0.325 e. The molecule has 0 radical (unpaired) electrons. The van der Waals surface area contributed by atoms with E-state index in [0.717, 1.165) is 16.8 Å². The van der Waals surface area contributed by atoms with E-state index in [0.29, 0.717) is 5.75 Å². The molecule has 20 heavy (non-hydrogen) atoms. The third kappa shape index (κ3) is 4.49. The zero-order chi connectivity index (χ0) is 14.2. The molecule has 2 aromatic rings. The number of hydrogen-bond acceptors (Lipinski definition) is 2. The smallest absolute Gasteiger partial charge is 0.234 e. The average molecular weight is 281 g/mol. The highest BCUT2D eigenvalue weighted by Gasteiger charge is 2.00. The fourth-order valence-corrected chi connectivity index (χ4v) is 2.00. The summed E-state index contributed by atoms with van der Waals surface area (Å²) in [5.41, 5.74) is 2.64. The molecule has 0 spiro atoms. The van der Waals surface area contributed by atoms with Crippen molar-refractivity contribution in [2.24, 2.45) is 0 Å². The van der Waals surface area contributed by atoms with Crippen LogP contribution >= 0.6 is 11.8 Å². The minimum atomic E-state index is 0.00525. The molecule has 0 unspecified atom stereocenters. The van der Waals surface area contributed by atoms with E-state index in [9.17, 15) is 4.79 Å². The summed E-state index contributed by atoms with van der Waals surface area (Å²) >= 11 is 1.50. The van der Waals surface area contributed by atoms with E-state index in [1.54, 1.807) is 0 Å². The number of hydrogen-bond donors (Lipinski definition) is 1. The Morgan fingerprint density at radius 1 is 1.05 bits per heavy atom. The molecule has 0 aliphatic heterocycles. The van der Waals surface area contributed by atoms with Gasteiger partial charge in [-0.05, 0) is 36.6 Å². The second-order valence-electron chi connectivity index (χ2n) is 4.18. The number of anilines is 1. The lowest BCUT2D eigenvalue weighted by Crippen LogP contribution is -2.13. The summed E-state index contributed by atoms with van der Waals surface area (Å²) in [6, 6.07) is 17.4. The van der Waals surface area contributed by atoms with Crippen LogP contribution in [0.15, 0.2) is 54.6 Å². The lowest BCUT2D eigenvalue weighted by molar-refractivity contribution is -0.113. The third-order valence-electron chi connectivity index (χ3n) is 2.55. The zero-order valence-electron chi connectivity index (χ0n) is 11.2. The van der Waals surface area contributed by atoms with Gasteiger partial charge in [-0.3, -0.25) is 4.79 Å².